The van der Waals surface area contributed by atoms with E-state index in [0.29, 0.717) is 11.1 Å². The number of benzene rings is 2. The fourth-order valence-electron chi connectivity index (χ4n) is 1.98. The minimum atomic E-state index is -1.59. The summed E-state index contributed by atoms with van der Waals surface area (Å²) in [6.45, 7) is 0. The Hall–Kier alpha value is -1.25. The zero-order valence-electron chi connectivity index (χ0n) is 8.04. The molecule has 0 amide bonds. The van der Waals surface area contributed by atoms with Gasteiger partial charge in [0.1, 0.15) is 0 Å². The third-order valence-corrected chi connectivity index (χ3v) is 3.22. The number of hydrogen-bond acceptors (Lipinski definition) is 2. The maximum absolute atomic E-state index is 11.7. The number of cyclic esters (lactones) is 1. The largest absolute Gasteiger partial charge is 0.421 e. The summed E-state index contributed by atoms with van der Waals surface area (Å²) in [4.78, 5) is 11.7. The number of ether oxygens (including phenoxy) is 1. The van der Waals surface area contributed by atoms with Crippen LogP contribution < -0.4 is 0 Å². The van der Waals surface area contributed by atoms with Gasteiger partial charge < -0.3 is 4.74 Å². The standard InChI is InChI=1S/C12H6Cl2O2/c13-12(14)9-6-2-4-7-3-1-5-8(10(7)9)11(15)16-12/h1-6H. The zero-order valence-corrected chi connectivity index (χ0v) is 9.55. The second kappa shape index (κ2) is 3.12. The molecular formula is C12H6Cl2O2. The molecule has 4 heteroatoms. The zero-order chi connectivity index (χ0) is 11.3. The first-order valence-corrected chi connectivity index (χ1v) is 5.48. The number of alkyl halides is 2. The summed E-state index contributed by atoms with van der Waals surface area (Å²) in [7, 11) is 0. The van der Waals surface area contributed by atoms with Crippen molar-refractivity contribution in [2.24, 2.45) is 0 Å². The molecule has 80 valence electrons. The molecule has 3 rings (SSSR count). The molecular weight excluding hydrogens is 247 g/mol. The Labute approximate surface area is 102 Å². The van der Waals surface area contributed by atoms with E-state index in [4.69, 9.17) is 27.9 Å². The van der Waals surface area contributed by atoms with Crippen LogP contribution in [0, 0.1) is 0 Å². The van der Waals surface area contributed by atoms with Crippen molar-refractivity contribution in [1.82, 2.24) is 0 Å². The molecule has 0 atom stereocenters. The third kappa shape index (κ3) is 1.24. The molecule has 0 fully saturated rings. The summed E-state index contributed by atoms with van der Waals surface area (Å²) in [6, 6.07) is 10.9. The molecule has 0 spiro atoms. The van der Waals surface area contributed by atoms with Gasteiger partial charge in [-0.25, -0.2) is 4.79 Å². The van der Waals surface area contributed by atoms with Crippen LogP contribution in [0.15, 0.2) is 36.4 Å². The molecule has 2 nitrogen and oxygen atoms in total. The molecule has 0 saturated carbocycles. The number of hydrogen-bond donors (Lipinski definition) is 0. The molecule has 0 unspecified atom stereocenters. The Bertz CT molecular complexity index is 600. The summed E-state index contributed by atoms with van der Waals surface area (Å²) in [5.41, 5.74) is 1.12. The lowest BCUT2D eigenvalue weighted by Crippen LogP contribution is -2.26. The van der Waals surface area contributed by atoms with Gasteiger partial charge in [0.15, 0.2) is 0 Å². The van der Waals surface area contributed by atoms with E-state index in [2.05, 4.69) is 0 Å². The third-order valence-electron chi connectivity index (χ3n) is 2.66. The Morgan fingerprint density at radius 3 is 2.50 bits per heavy atom. The first kappa shape index (κ1) is 9.94. The Morgan fingerprint density at radius 2 is 1.75 bits per heavy atom. The van der Waals surface area contributed by atoms with E-state index in [1.807, 2.05) is 18.2 Å². The van der Waals surface area contributed by atoms with Crippen molar-refractivity contribution in [2.45, 2.75) is 4.52 Å². The smallest absolute Gasteiger partial charge is 0.341 e. The lowest BCUT2D eigenvalue weighted by atomic mass is 9.97. The maximum Gasteiger partial charge on any atom is 0.341 e. The van der Waals surface area contributed by atoms with Gasteiger partial charge in [-0.1, -0.05) is 53.5 Å². The normalized spacial score (nSPS) is 17.2. The van der Waals surface area contributed by atoms with Crippen molar-refractivity contribution in [2.75, 3.05) is 0 Å². The van der Waals surface area contributed by atoms with Gasteiger partial charge >= 0.3 is 5.97 Å². The van der Waals surface area contributed by atoms with Crippen LogP contribution >= 0.6 is 23.2 Å². The molecule has 1 heterocycles. The number of esters is 1. The number of halogens is 2. The predicted molar refractivity (Wildman–Crippen MR) is 62.7 cm³/mol. The highest BCUT2D eigenvalue weighted by atomic mass is 35.5. The summed E-state index contributed by atoms with van der Waals surface area (Å²) in [6.07, 6.45) is 0. The van der Waals surface area contributed by atoms with Gasteiger partial charge in [-0.3, -0.25) is 0 Å². The average Bonchev–Trinajstić information content (AvgIpc) is 2.25. The van der Waals surface area contributed by atoms with Crippen molar-refractivity contribution < 1.29 is 9.53 Å². The lowest BCUT2D eigenvalue weighted by molar-refractivity contribution is 0.0356. The topological polar surface area (TPSA) is 26.3 Å². The molecule has 16 heavy (non-hydrogen) atoms. The van der Waals surface area contributed by atoms with Crippen LogP contribution in [0.1, 0.15) is 15.9 Å². The van der Waals surface area contributed by atoms with Crippen LogP contribution in [-0.4, -0.2) is 5.97 Å². The Morgan fingerprint density at radius 1 is 1.06 bits per heavy atom. The van der Waals surface area contributed by atoms with Crippen molar-refractivity contribution in [3.8, 4) is 0 Å². The molecule has 2 aromatic carbocycles. The minimum Gasteiger partial charge on any atom is -0.421 e. The van der Waals surface area contributed by atoms with E-state index < -0.39 is 10.5 Å². The quantitative estimate of drug-likeness (QED) is 0.529. The van der Waals surface area contributed by atoms with E-state index in [0.717, 1.165) is 10.8 Å². The summed E-state index contributed by atoms with van der Waals surface area (Å²) >= 11 is 12.0. The van der Waals surface area contributed by atoms with Crippen LogP contribution in [0.2, 0.25) is 0 Å². The molecule has 2 aromatic rings. The molecule has 0 bridgehead atoms. The van der Waals surface area contributed by atoms with E-state index in [-0.39, 0.29) is 0 Å². The minimum absolute atomic E-state index is 0.491. The Balaban J connectivity index is 2.52. The van der Waals surface area contributed by atoms with Crippen LogP contribution in [0.5, 0.6) is 0 Å². The summed E-state index contributed by atoms with van der Waals surface area (Å²) in [5, 5.41) is 1.70. The number of carbonyl (C=O) groups excluding carboxylic acids is 1. The van der Waals surface area contributed by atoms with Crippen molar-refractivity contribution in [3.05, 3.63) is 47.5 Å². The van der Waals surface area contributed by atoms with Gasteiger partial charge in [0.2, 0.25) is 0 Å². The average molecular weight is 253 g/mol. The van der Waals surface area contributed by atoms with Crippen LogP contribution in [0.25, 0.3) is 10.8 Å². The molecule has 1 aliphatic heterocycles. The van der Waals surface area contributed by atoms with E-state index in [1.54, 1.807) is 18.2 Å². The van der Waals surface area contributed by atoms with Crippen molar-refractivity contribution in [1.29, 1.82) is 0 Å². The summed E-state index contributed by atoms with van der Waals surface area (Å²) < 4.78 is 3.39. The van der Waals surface area contributed by atoms with Gasteiger partial charge in [0, 0.05) is 10.9 Å². The Kier molecular flexibility index (Phi) is 1.94. The molecule has 1 aliphatic rings. The van der Waals surface area contributed by atoms with Crippen LogP contribution in [-0.2, 0) is 9.26 Å². The van der Waals surface area contributed by atoms with Gasteiger partial charge in [0.25, 0.3) is 4.52 Å². The highest BCUT2D eigenvalue weighted by Crippen LogP contribution is 2.44. The van der Waals surface area contributed by atoms with E-state index >= 15 is 0 Å². The van der Waals surface area contributed by atoms with Crippen molar-refractivity contribution in [3.63, 3.8) is 0 Å². The van der Waals surface area contributed by atoms with Gasteiger partial charge in [-0.2, -0.15) is 0 Å². The van der Waals surface area contributed by atoms with Crippen molar-refractivity contribution >= 4 is 39.9 Å². The van der Waals surface area contributed by atoms with Gasteiger partial charge in [-0.05, 0) is 11.5 Å². The molecule has 0 aliphatic carbocycles. The number of rotatable bonds is 0. The second-order valence-corrected chi connectivity index (χ2v) is 4.87. The van der Waals surface area contributed by atoms with E-state index in [9.17, 15) is 4.79 Å². The fourth-order valence-corrected chi connectivity index (χ4v) is 2.44. The summed E-state index contributed by atoms with van der Waals surface area (Å²) in [5.74, 6) is -0.491. The molecule has 0 saturated heterocycles. The lowest BCUT2D eigenvalue weighted by Gasteiger charge is -2.27. The molecule has 0 aromatic heterocycles. The predicted octanol–water partition coefficient (Wildman–Crippen LogP) is 3.60. The first-order valence-electron chi connectivity index (χ1n) is 4.73. The van der Waals surface area contributed by atoms with E-state index in [1.165, 1.54) is 0 Å². The highest BCUT2D eigenvalue weighted by molar-refractivity contribution is 6.48. The molecule has 0 N–H and O–H groups in total. The van der Waals surface area contributed by atoms with Gasteiger partial charge in [-0.15, -0.1) is 0 Å². The SMILES string of the molecule is O=C1OC(Cl)(Cl)c2cccc3cccc1c23. The monoisotopic (exact) mass is 252 g/mol. The highest BCUT2D eigenvalue weighted by Gasteiger charge is 2.38. The van der Waals surface area contributed by atoms with Crippen LogP contribution in [0.3, 0.4) is 0 Å². The number of carbonyl (C=O) groups is 1. The van der Waals surface area contributed by atoms with Gasteiger partial charge in [0.05, 0.1) is 5.56 Å². The second-order valence-electron chi connectivity index (χ2n) is 3.62. The molecule has 0 radical (unpaired) electrons. The van der Waals surface area contributed by atoms with Crippen LogP contribution in [0.4, 0.5) is 0 Å². The fraction of sp³-hybridized carbons (Fsp3) is 0.0833. The maximum atomic E-state index is 11.7. The first-order chi connectivity index (χ1) is 7.59.